The van der Waals surface area contributed by atoms with Crippen LogP contribution in [0.3, 0.4) is 0 Å². The fourth-order valence-corrected chi connectivity index (χ4v) is 4.40. The van der Waals surface area contributed by atoms with Gasteiger partial charge in [-0.15, -0.1) is 0 Å². The highest BCUT2D eigenvalue weighted by Gasteiger charge is 2.34. The first-order chi connectivity index (χ1) is 13.7. The maximum atomic E-state index is 11.7. The lowest BCUT2D eigenvalue weighted by Crippen LogP contribution is -2.27. The highest BCUT2D eigenvalue weighted by Crippen LogP contribution is 2.36. The number of hydrogen-bond donors (Lipinski definition) is 0. The fraction of sp³-hybridized carbons (Fsp3) is 0.136. The van der Waals surface area contributed by atoms with E-state index >= 15 is 0 Å². The first kappa shape index (κ1) is 17.5. The molecule has 0 N–H and O–H groups in total. The molecule has 1 unspecified atom stereocenters. The molecule has 3 aromatic carbocycles. The van der Waals surface area contributed by atoms with Gasteiger partial charge < -0.3 is 0 Å². The summed E-state index contributed by atoms with van der Waals surface area (Å²) in [5.74, 6) is 1.27. The number of rotatable bonds is 2. The van der Waals surface area contributed by atoms with E-state index < -0.39 is 0 Å². The lowest BCUT2D eigenvalue weighted by Gasteiger charge is -2.23. The molecule has 0 bridgehead atoms. The topological polar surface area (TPSA) is 45.0 Å². The van der Waals surface area contributed by atoms with Gasteiger partial charge in [0.25, 0.3) is 0 Å². The molecule has 0 radical (unpaired) electrons. The number of amidine groups is 1. The summed E-state index contributed by atoms with van der Waals surface area (Å²) in [6.45, 7) is 0. The maximum Gasteiger partial charge on any atom is 0.307 e. The van der Waals surface area contributed by atoms with Gasteiger partial charge in [-0.1, -0.05) is 71.9 Å². The minimum atomic E-state index is -0.154. The van der Waals surface area contributed by atoms with Crippen LogP contribution in [0.25, 0.3) is 10.8 Å². The second-order valence-electron chi connectivity index (χ2n) is 6.81. The highest BCUT2D eigenvalue weighted by atomic mass is 35.5. The largest absolute Gasteiger partial charge is 0.307 e. The van der Waals surface area contributed by atoms with Crippen molar-refractivity contribution in [3.63, 3.8) is 0 Å². The van der Waals surface area contributed by atoms with Crippen LogP contribution in [0.4, 0.5) is 4.79 Å². The second kappa shape index (κ2) is 7.08. The Morgan fingerprint density at radius 3 is 2.54 bits per heavy atom. The molecule has 1 atom stereocenters. The Morgan fingerprint density at radius 1 is 1.00 bits per heavy atom. The van der Waals surface area contributed by atoms with Crippen molar-refractivity contribution in [1.82, 2.24) is 5.01 Å². The van der Waals surface area contributed by atoms with E-state index in [-0.39, 0.29) is 11.3 Å². The summed E-state index contributed by atoms with van der Waals surface area (Å²) in [5, 5.41) is 9.73. The molecule has 2 heterocycles. The first-order valence-corrected chi connectivity index (χ1v) is 10.4. The molecule has 0 saturated heterocycles. The van der Waals surface area contributed by atoms with E-state index in [1.54, 1.807) is 0 Å². The molecule has 4 nitrogen and oxygen atoms in total. The molecule has 6 heteroatoms. The predicted octanol–water partition coefficient (Wildman–Crippen LogP) is 5.91. The zero-order valence-corrected chi connectivity index (χ0v) is 16.5. The fourth-order valence-electron chi connectivity index (χ4n) is 3.65. The maximum absolute atomic E-state index is 11.7. The SMILES string of the molecule is O=C1N=C(N2N=C(c3ccc4ccccc4c3)CC2c2ccc(Cl)cc2)CS1. The third-order valence-electron chi connectivity index (χ3n) is 5.06. The van der Waals surface area contributed by atoms with Gasteiger partial charge in [0.2, 0.25) is 0 Å². The molecule has 138 valence electrons. The number of carbonyl (C=O) groups is 1. The Balaban J connectivity index is 1.55. The molecule has 3 aromatic rings. The van der Waals surface area contributed by atoms with Gasteiger partial charge in [0, 0.05) is 11.4 Å². The summed E-state index contributed by atoms with van der Waals surface area (Å²) in [6.07, 6.45) is 0.748. The average molecular weight is 406 g/mol. The number of thioether (sulfide) groups is 1. The quantitative estimate of drug-likeness (QED) is 0.532. The van der Waals surface area contributed by atoms with Crippen molar-refractivity contribution in [2.75, 3.05) is 5.75 Å². The van der Waals surface area contributed by atoms with Crippen molar-refractivity contribution in [2.45, 2.75) is 12.5 Å². The minimum Gasteiger partial charge on any atom is -0.259 e. The van der Waals surface area contributed by atoms with E-state index in [4.69, 9.17) is 16.7 Å². The smallest absolute Gasteiger partial charge is 0.259 e. The molecule has 2 aliphatic heterocycles. The van der Waals surface area contributed by atoms with E-state index in [0.717, 1.165) is 23.3 Å². The Kier molecular flexibility index (Phi) is 4.41. The molecule has 2 aliphatic rings. The first-order valence-electron chi connectivity index (χ1n) is 9.03. The van der Waals surface area contributed by atoms with Crippen LogP contribution in [-0.4, -0.2) is 27.5 Å². The van der Waals surface area contributed by atoms with E-state index in [0.29, 0.717) is 16.6 Å². The summed E-state index contributed by atoms with van der Waals surface area (Å²) < 4.78 is 0. The Labute approximate surface area is 171 Å². The van der Waals surface area contributed by atoms with Gasteiger partial charge in [-0.25, -0.2) is 5.01 Å². The Hall–Kier alpha value is -2.63. The molecule has 0 aliphatic carbocycles. The van der Waals surface area contributed by atoms with Crippen molar-refractivity contribution in [2.24, 2.45) is 10.1 Å². The average Bonchev–Trinajstić information content (AvgIpc) is 3.35. The van der Waals surface area contributed by atoms with E-state index in [9.17, 15) is 4.79 Å². The molecule has 0 spiro atoms. The zero-order chi connectivity index (χ0) is 19.1. The number of carbonyl (C=O) groups excluding carboxylic acids is 1. The lowest BCUT2D eigenvalue weighted by molar-refractivity contribution is 0.267. The van der Waals surface area contributed by atoms with Gasteiger partial charge in [0.05, 0.1) is 17.5 Å². The Morgan fingerprint density at radius 2 is 1.79 bits per heavy atom. The van der Waals surface area contributed by atoms with Crippen molar-refractivity contribution in [3.05, 3.63) is 82.9 Å². The monoisotopic (exact) mass is 405 g/mol. The van der Waals surface area contributed by atoms with Crippen LogP contribution in [0, 0.1) is 0 Å². The molecule has 0 fully saturated rings. The summed E-state index contributed by atoms with van der Waals surface area (Å²) in [7, 11) is 0. The molecule has 28 heavy (non-hydrogen) atoms. The standard InChI is InChI=1S/C22H16ClN3OS/c23-18-9-7-15(8-10-18)20-12-19(25-26(20)21-13-28-22(27)24-21)17-6-5-14-3-1-2-4-16(14)11-17/h1-11,20H,12-13H2. The molecular weight excluding hydrogens is 390 g/mol. The summed E-state index contributed by atoms with van der Waals surface area (Å²) in [6, 6.07) is 22.5. The number of aliphatic imine (C=N–C) groups is 1. The zero-order valence-electron chi connectivity index (χ0n) is 14.9. The third-order valence-corrected chi connectivity index (χ3v) is 6.05. The van der Waals surface area contributed by atoms with Crippen LogP contribution in [0.1, 0.15) is 23.6 Å². The molecule has 1 amide bonds. The molecular formula is C22H16ClN3OS. The minimum absolute atomic E-state index is 0.00369. The highest BCUT2D eigenvalue weighted by molar-refractivity contribution is 8.14. The van der Waals surface area contributed by atoms with Crippen molar-refractivity contribution in [3.8, 4) is 0 Å². The summed E-state index contributed by atoms with van der Waals surface area (Å²) in [5.41, 5.74) is 3.20. The number of fused-ring (bicyclic) bond motifs is 1. The van der Waals surface area contributed by atoms with Crippen molar-refractivity contribution < 1.29 is 4.79 Å². The summed E-state index contributed by atoms with van der Waals surface area (Å²) in [4.78, 5) is 15.9. The second-order valence-corrected chi connectivity index (χ2v) is 8.17. The predicted molar refractivity (Wildman–Crippen MR) is 116 cm³/mol. The number of halogens is 1. The summed E-state index contributed by atoms with van der Waals surface area (Å²) >= 11 is 7.28. The van der Waals surface area contributed by atoms with Crippen LogP contribution < -0.4 is 0 Å². The van der Waals surface area contributed by atoms with Gasteiger partial charge in [-0.3, -0.25) is 4.79 Å². The van der Waals surface area contributed by atoms with Gasteiger partial charge in [0.15, 0.2) is 0 Å². The van der Waals surface area contributed by atoms with Crippen LogP contribution in [0.2, 0.25) is 5.02 Å². The van der Waals surface area contributed by atoms with E-state index in [1.807, 2.05) is 41.4 Å². The van der Waals surface area contributed by atoms with Crippen LogP contribution in [-0.2, 0) is 0 Å². The van der Waals surface area contributed by atoms with Crippen molar-refractivity contribution in [1.29, 1.82) is 0 Å². The van der Waals surface area contributed by atoms with Gasteiger partial charge in [0.1, 0.15) is 5.84 Å². The van der Waals surface area contributed by atoms with Crippen molar-refractivity contribution >= 4 is 50.9 Å². The molecule has 0 aromatic heterocycles. The van der Waals surface area contributed by atoms with Gasteiger partial charge in [-0.05, 0) is 40.1 Å². The molecule has 5 rings (SSSR count). The number of nitrogens with zero attached hydrogens (tertiary/aromatic N) is 3. The van der Waals surface area contributed by atoms with Crippen LogP contribution >= 0.6 is 23.4 Å². The Bertz CT molecular complexity index is 1140. The van der Waals surface area contributed by atoms with Crippen LogP contribution in [0.5, 0.6) is 0 Å². The van der Waals surface area contributed by atoms with Gasteiger partial charge in [-0.2, -0.15) is 10.1 Å². The van der Waals surface area contributed by atoms with E-state index in [1.165, 1.54) is 22.5 Å². The number of amides is 1. The van der Waals surface area contributed by atoms with Gasteiger partial charge >= 0.3 is 5.24 Å². The molecule has 0 saturated carbocycles. The number of hydrogen-bond acceptors (Lipinski definition) is 4. The number of benzene rings is 3. The van der Waals surface area contributed by atoms with E-state index in [2.05, 4.69) is 35.3 Å². The number of hydrazone groups is 1. The third kappa shape index (κ3) is 3.21. The van der Waals surface area contributed by atoms with Crippen LogP contribution in [0.15, 0.2) is 76.8 Å². The normalized spacial score (nSPS) is 19.2. The lowest BCUT2D eigenvalue weighted by atomic mass is 9.97.